The fourth-order valence-corrected chi connectivity index (χ4v) is 6.18. The van der Waals surface area contributed by atoms with Gasteiger partial charge in [0.25, 0.3) is 5.91 Å². The standard InChI is InChI=1S/C28H25Cl3N2O4/c1-33-20-4-2-6-22(34)26(20)25(27-21(33)5-3-7-23(27)35)15-12-18(30)28(19(31)13-15)37-14-24(36)32-17-10-8-16(29)9-11-17/h8-13,25H,2-7,14H2,1H3,(H,32,36). The van der Waals surface area contributed by atoms with Crippen LogP contribution in [0.15, 0.2) is 58.9 Å². The number of benzene rings is 2. The van der Waals surface area contributed by atoms with Crippen LogP contribution >= 0.6 is 34.8 Å². The highest BCUT2D eigenvalue weighted by Gasteiger charge is 2.42. The fraction of sp³-hybridized carbons (Fsp3) is 0.321. The van der Waals surface area contributed by atoms with Gasteiger partial charge >= 0.3 is 0 Å². The molecule has 3 aliphatic rings. The number of carbonyl (C=O) groups excluding carboxylic acids is 3. The van der Waals surface area contributed by atoms with Gasteiger partial charge in [0.1, 0.15) is 0 Å². The molecule has 0 bridgehead atoms. The number of carbonyl (C=O) groups is 3. The van der Waals surface area contributed by atoms with Crippen molar-refractivity contribution in [3.8, 4) is 5.75 Å². The van der Waals surface area contributed by atoms with E-state index in [0.29, 0.717) is 40.3 Å². The number of Topliss-reactive ketones (excluding diaryl/α,β-unsaturated/α-hetero) is 2. The Balaban J connectivity index is 1.44. The molecular weight excluding hydrogens is 535 g/mol. The van der Waals surface area contributed by atoms with Gasteiger partial charge < -0.3 is 15.0 Å². The molecule has 2 aliphatic carbocycles. The molecule has 37 heavy (non-hydrogen) atoms. The number of hydrogen-bond acceptors (Lipinski definition) is 5. The number of hydrogen-bond donors (Lipinski definition) is 1. The van der Waals surface area contributed by atoms with Crippen LogP contribution in [-0.4, -0.2) is 36.0 Å². The molecule has 5 rings (SSSR count). The van der Waals surface area contributed by atoms with E-state index in [2.05, 4.69) is 10.2 Å². The summed E-state index contributed by atoms with van der Waals surface area (Å²) in [7, 11) is 1.95. The molecule has 0 saturated heterocycles. The SMILES string of the molecule is CN1C2=C(C(=O)CCC2)C(c2cc(Cl)c(OCC(=O)Nc3ccc(Cl)cc3)c(Cl)c2)C2=C1CCCC2=O. The summed E-state index contributed by atoms with van der Waals surface area (Å²) in [5, 5.41) is 3.69. The predicted molar refractivity (Wildman–Crippen MR) is 144 cm³/mol. The van der Waals surface area contributed by atoms with Crippen molar-refractivity contribution in [2.24, 2.45) is 0 Å². The number of nitrogens with zero attached hydrogens (tertiary/aromatic N) is 1. The van der Waals surface area contributed by atoms with E-state index in [0.717, 1.165) is 37.1 Å². The number of ether oxygens (including phenoxy) is 1. The topological polar surface area (TPSA) is 75.7 Å². The highest BCUT2D eigenvalue weighted by Crippen LogP contribution is 2.50. The number of nitrogens with one attached hydrogen (secondary N) is 1. The average Bonchev–Trinajstić information content (AvgIpc) is 2.86. The fourth-order valence-electron chi connectivity index (χ4n) is 5.44. The van der Waals surface area contributed by atoms with Crippen LogP contribution < -0.4 is 10.1 Å². The van der Waals surface area contributed by atoms with Crippen molar-refractivity contribution in [2.75, 3.05) is 19.0 Å². The van der Waals surface area contributed by atoms with Crippen LogP contribution in [0.25, 0.3) is 0 Å². The summed E-state index contributed by atoms with van der Waals surface area (Å²) >= 11 is 19.1. The van der Waals surface area contributed by atoms with Crippen LogP contribution in [0.5, 0.6) is 5.75 Å². The third kappa shape index (κ3) is 5.02. The van der Waals surface area contributed by atoms with Crippen LogP contribution in [0.4, 0.5) is 5.69 Å². The van der Waals surface area contributed by atoms with Crippen molar-refractivity contribution in [1.29, 1.82) is 0 Å². The van der Waals surface area contributed by atoms with Crippen LogP contribution in [-0.2, 0) is 14.4 Å². The maximum atomic E-state index is 13.2. The lowest BCUT2D eigenvalue weighted by atomic mass is 9.71. The third-order valence-corrected chi connectivity index (χ3v) is 7.89. The van der Waals surface area contributed by atoms with Crippen LogP contribution in [0, 0.1) is 0 Å². The van der Waals surface area contributed by atoms with Crippen molar-refractivity contribution in [3.63, 3.8) is 0 Å². The lowest BCUT2D eigenvalue weighted by Gasteiger charge is -2.42. The molecule has 0 fully saturated rings. The van der Waals surface area contributed by atoms with Gasteiger partial charge in [0.2, 0.25) is 0 Å². The summed E-state index contributed by atoms with van der Waals surface area (Å²) < 4.78 is 5.67. The van der Waals surface area contributed by atoms with E-state index in [4.69, 9.17) is 39.5 Å². The molecule has 0 unspecified atom stereocenters. The number of halogens is 3. The summed E-state index contributed by atoms with van der Waals surface area (Å²) in [6, 6.07) is 10.1. The smallest absolute Gasteiger partial charge is 0.262 e. The molecule has 2 aromatic carbocycles. The zero-order valence-electron chi connectivity index (χ0n) is 20.2. The van der Waals surface area contributed by atoms with Gasteiger partial charge in [-0.15, -0.1) is 0 Å². The lowest BCUT2D eigenvalue weighted by molar-refractivity contribution is -0.118. The molecule has 0 saturated carbocycles. The largest absolute Gasteiger partial charge is 0.481 e. The molecule has 0 radical (unpaired) electrons. The molecule has 1 amide bonds. The predicted octanol–water partition coefficient (Wildman–Crippen LogP) is 6.71. The minimum Gasteiger partial charge on any atom is -0.481 e. The molecule has 0 spiro atoms. The molecule has 0 atom stereocenters. The first-order valence-corrected chi connectivity index (χ1v) is 13.3. The van der Waals surface area contributed by atoms with Crippen LogP contribution in [0.1, 0.15) is 50.0 Å². The van der Waals surface area contributed by atoms with Gasteiger partial charge in [-0.25, -0.2) is 0 Å². The molecule has 2 aromatic rings. The van der Waals surface area contributed by atoms with Crippen molar-refractivity contribution < 1.29 is 19.1 Å². The van der Waals surface area contributed by atoms with E-state index >= 15 is 0 Å². The Kier molecular flexibility index (Phi) is 7.35. The quantitative estimate of drug-likeness (QED) is 0.441. The highest BCUT2D eigenvalue weighted by atomic mass is 35.5. The Morgan fingerprint density at radius 3 is 2.00 bits per heavy atom. The highest BCUT2D eigenvalue weighted by molar-refractivity contribution is 6.37. The van der Waals surface area contributed by atoms with E-state index in [-0.39, 0.29) is 39.9 Å². The molecular formula is C28H25Cl3N2O4. The van der Waals surface area contributed by atoms with E-state index in [9.17, 15) is 14.4 Å². The molecule has 9 heteroatoms. The van der Waals surface area contributed by atoms with Crippen LogP contribution in [0.2, 0.25) is 15.1 Å². The summed E-state index contributed by atoms with van der Waals surface area (Å²) in [6.45, 7) is -0.308. The summed E-state index contributed by atoms with van der Waals surface area (Å²) in [5.74, 6) is -0.637. The number of anilines is 1. The van der Waals surface area contributed by atoms with E-state index in [1.807, 2.05) is 7.05 Å². The molecule has 192 valence electrons. The van der Waals surface area contributed by atoms with Crippen molar-refractivity contribution in [1.82, 2.24) is 4.90 Å². The Labute approximate surface area is 230 Å². The normalized spacial score (nSPS) is 18.1. The third-order valence-electron chi connectivity index (χ3n) is 7.07. The van der Waals surface area contributed by atoms with Gasteiger partial charge in [-0.1, -0.05) is 34.8 Å². The maximum absolute atomic E-state index is 13.2. The van der Waals surface area contributed by atoms with E-state index in [1.165, 1.54) is 0 Å². The summed E-state index contributed by atoms with van der Waals surface area (Å²) in [4.78, 5) is 40.8. The number of allylic oxidation sites excluding steroid dienone is 4. The molecule has 1 N–H and O–H groups in total. The maximum Gasteiger partial charge on any atom is 0.262 e. The van der Waals surface area contributed by atoms with Gasteiger partial charge in [-0.3, -0.25) is 14.4 Å². The molecule has 1 heterocycles. The van der Waals surface area contributed by atoms with Gasteiger partial charge in [-0.2, -0.15) is 0 Å². The monoisotopic (exact) mass is 558 g/mol. The van der Waals surface area contributed by atoms with Gasteiger partial charge in [-0.05, 0) is 67.6 Å². The van der Waals surface area contributed by atoms with Crippen molar-refractivity contribution in [2.45, 2.75) is 44.4 Å². The van der Waals surface area contributed by atoms with E-state index in [1.54, 1.807) is 36.4 Å². The summed E-state index contributed by atoms with van der Waals surface area (Å²) in [6.07, 6.45) is 4.04. The van der Waals surface area contributed by atoms with Gasteiger partial charge in [0.15, 0.2) is 23.9 Å². The average molecular weight is 560 g/mol. The first-order valence-electron chi connectivity index (χ1n) is 12.2. The number of ketones is 2. The number of amides is 1. The second-order valence-corrected chi connectivity index (χ2v) is 10.7. The molecule has 6 nitrogen and oxygen atoms in total. The Morgan fingerprint density at radius 1 is 0.919 bits per heavy atom. The Morgan fingerprint density at radius 2 is 1.46 bits per heavy atom. The van der Waals surface area contributed by atoms with Gasteiger partial charge in [0.05, 0.1) is 10.0 Å². The zero-order valence-corrected chi connectivity index (χ0v) is 22.5. The Bertz CT molecular complexity index is 1300. The molecule has 1 aliphatic heterocycles. The van der Waals surface area contributed by atoms with E-state index < -0.39 is 5.92 Å². The van der Waals surface area contributed by atoms with Crippen molar-refractivity contribution >= 4 is 58.0 Å². The zero-order chi connectivity index (χ0) is 26.3. The second-order valence-electron chi connectivity index (χ2n) is 9.42. The van der Waals surface area contributed by atoms with Gasteiger partial charge in [0, 0.05) is 59.1 Å². The first kappa shape index (κ1) is 25.8. The summed E-state index contributed by atoms with van der Waals surface area (Å²) in [5.41, 5.74) is 4.51. The Hall–Kier alpha value is -2.80. The second kappa shape index (κ2) is 10.5. The first-order chi connectivity index (χ1) is 17.7. The minimum absolute atomic E-state index is 0.0504. The lowest BCUT2D eigenvalue weighted by Crippen LogP contribution is -2.37. The molecule has 0 aromatic heterocycles. The minimum atomic E-state index is -0.515. The van der Waals surface area contributed by atoms with Crippen molar-refractivity contribution in [3.05, 3.63) is 79.6 Å². The van der Waals surface area contributed by atoms with Crippen LogP contribution in [0.3, 0.4) is 0 Å². The number of rotatable bonds is 5.